The highest BCUT2D eigenvalue weighted by Gasteiger charge is 2.08. The van der Waals surface area contributed by atoms with Gasteiger partial charge in [-0.05, 0) is 30.3 Å². The normalized spacial score (nSPS) is 10.3. The number of rotatable bonds is 4. The van der Waals surface area contributed by atoms with Crippen molar-refractivity contribution in [1.82, 2.24) is 0 Å². The fraction of sp³-hybridized carbons (Fsp3) is 0.0833. The van der Waals surface area contributed by atoms with Crippen LogP contribution in [0.25, 0.3) is 0 Å². The second-order valence-corrected chi connectivity index (χ2v) is 3.96. The molecule has 0 spiro atoms. The smallest absolute Gasteiger partial charge is 0.371 e. The molecule has 1 aromatic heterocycles. The van der Waals surface area contributed by atoms with E-state index < -0.39 is 11.8 Å². The van der Waals surface area contributed by atoms with Crippen molar-refractivity contribution in [2.45, 2.75) is 6.54 Å². The first-order valence-electron chi connectivity index (χ1n) is 5.07. The molecule has 2 N–H and O–H groups in total. The molecule has 0 amide bonds. The van der Waals surface area contributed by atoms with Crippen LogP contribution < -0.4 is 5.32 Å². The van der Waals surface area contributed by atoms with Crippen molar-refractivity contribution in [2.75, 3.05) is 5.32 Å². The van der Waals surface area contributed by atoms with Crippen LogP contribution in [0.1, 0.15) is 16.3 Å². The van der Waals surface area contributed by atoms with Crippen molar-refractivity contribution in [3.05, 3.63) is 52.7 Å². The number of anilines is 1. The molecular formula is C12H9ClFNO3. The number of carbonyl (C=O) groups is 1. The Balaban J connectivity index is 2.02. The van der Waals surface area contributed by atoms with Crippen LogP contribution in [-0.4, -0.2) is 11.1 Å². The van der Waals surface area contributed by atoms with Gasteiger partial charge in [0.05, 0.1) is 11.6 Å². The number of furan rings is 1. The topological polar surface area (TPSA) is 62.5 Å². The first kappa shape index (κ1) is 12.4. The molecule has 6 heteroatoms. The van der Waals surface area contributed by atoms with E-state index in [0.29, 0.717) is 11.4 Å². The molecule has 0 aliphatic rings. The Morgan fingerprint density at radius 1 is 1.39 bits per heavy atom. The first-order chi connectivity index (χ1) is 8.56. The van der Waals surface area contributed by atoms with Gasteiger partial charge in [0.2, 0.25) is 5.76 Å². The molecule has 2 aromatic rings. The Bertz CT molecular complexity index is 582. The number of aromatic carboxylic acids is 1. The van der Waals surface area contributed by atoms with Gasteiger partial charge >= 0.3 is 5.97 Å². The standard InChI is InChI=1S/C12H9ClFNO3/c13-9-5-7(1-3-10(9)14)15-6-8-2-4-11(18-8)12(16)17/h1-5,15H,6H2,(H,16,17). The number of hydrogen-bond donors (Lipinski definition) is 2. The summed E-state index contributed by atoms with van der Waals surface area (Å²) in [6.45, 7) is 0.287. The van der Waals surface area contributed by atoms with E-state index in [9.17, 15) is 9.18 Å². The second-order valence-electron chi connectivity index (χ2n) is 3.55. The SMILES string of the molecule is O=C(O)c1ccc(CNc2ccc(F)c(Cl)c2)o1. The lowest BCUT2D eigenvalue weighted by molar-refractivity contribution is 0.0660. The summed E-state index contributed by atoms with van der Waals surface area (Å²) >= 11 is 5.63. The quantitative estimate of drug-likeness (QED) is 0.893. The van der Waals surface area contributed by atoms with Crippen molar-refractivity contribution in [2.24, 2.45) is 0 Å². The molecule has 0 aliphatic heterocycles. The van der Waals surface area contributed by atoms with Gasteiger partial charge in [0.15, 0.2) is 0 Å². The molecule has 0 saturated heterocycles. The highest BCUT2D eigenvalue weighted by molar-refractivity contribution is 6.31. The maximum Gasteiger partial charge on any atom is 0.371 e. The molecule has 18 heavy (non-hydrogen) atoms. The van der Waals surface area contributed by atoms with Gasteiger partial charge in [-0.25, -0.2) is 9.18 Å². The third kappa shape index (κ3) is 2.81. The number of carboxylic acids is 1. The predicted molar refractivity (Wildman–Crippen MR) is 64.4 cm³/mol. The van der Waals surface area contributed by atoms with Gasteiger partial charge in [0, 0.05) is 5.69 Å². The van der Waals surface area contributed by atoms with Crippen LogP contribution >= 0.6 is 11.6 Å². The number of hydrogen-bond acceptors (Lipinski definition) is 3. The maximum absolute atomic E-state index is 12.9. The zero-order valence-corrected chi connectivity index (χ0v) is 9.87. The predicted octanol–water partition coefficient (Wildman–Crippen LogP) is 3.38. The molecule has 4 nitrogen and oxygen atoms in total. The van der Waals surface area contributed by atoms with Crippen LogP contribution in [0.4, 0.5) is 10.1 Å². The van der Waals surface area contributed by atoms with Gasteiger partial charge in [-0.15, -0.1) is 0 Å². The van der Waals surface area contributed by atoms with Crippen LogP contribution in [0.15, 0.2) is 34.7 Å². The molecule has 0 unspecified atom stereocenters. The van der Waals surface area contributed by atoms with Gasteiger partial charge in [-0.3, -0.25) is 0 Å². The molecule has 0 aliphatic carbocycles. The summed E-state index contributed by atoms with van der Waals surface area (Å²) in [5.41, 5.74) is 0.620. The summed E-state index contributed by atoms with van der Waals surface area (Å²) in [6, 6.07) is 7.15. The Kier molecular flexibility index (Phi) is 3.53. The molecule has 1 heterocycles. The van der Waals surface area contributed by atoms with Crippen molar-refractivity contribution in [1.29, 1.82) is 0 Å². The fourth-order valence-corrected chi connectivity index (χ4v) is 1.56. The van der Waals surface area contributed by atoms with Crippen LogP contribution in [-0.2, 0) is 6.54 Å². The number of benzene rings is 1. The van der Waals surface area contributed by atoms with Crippen LogP contribution in [0, 0.1) is 5.82 Å². The van der Waals surface area contributed by atoms with E-state index in [1.54, 1.807) is 6.07 Å². The van der Waals surface area contributed by atoms with Gasteiger partial charge in [-0.2, -0.15) is 0 Å². The molecular weight excluding hydrogens is 261 g/mol. The molecule has 2 rings (SSSR count). The largest absolute Gasteiger partial charge is 0.475 e. The molecule has 0 bridgehead atoms. The highest BCUT2D eigenvalue weighted by Crippen LogP contribution is 2.20. The maximum atomic E-state index is 12.9. The average molecular weight is 270 g/mol. The van der Waals surface area contributed by atoms with Gasteiger partial charge < -0.3 is 14.8 Å². The van der Waals surface area contributed by atoms with E-state index in [4.69, 9.17) is 21.1 Å². The average Bonchev–Trinajstić information content (AvgIpc) is 2.79. The third-order valence-corrected chi connectivity index (χ3v) is 2.55. The molecule has 1 aromatic carbocycles. The second kappa shape index (κ2) is 5.10. The van der Waals surface area contributed by atoms with Gasteiger partial charge in [-0.1, -0.05) is 11.6 Å². The minimum atomic E-state index is -1.12. The zero-order chi connectivity index (χ0) is 13.1. The lowest BCUT2D eigenvalue weighted by atomic mass is 10.3. The molecule has 0 atom stereocenters. The lowest BCUT2D eigenvalue weighted by Crippen LogP contribution is -1.98. The number of carboxylic acid groups (broad SMARTS) is 1. The molecule has 0 saturated carbocycles. The van der Waals surface area contributed by atoms with Crippen molar-refractivity contribution in [3.8, 4) is 0 Å². The summed E-state index contributed by atoms with van der Waals surface area (Å²) in [5.74, 6) is -1.27. The Morgan fingerprint density at radius 3 is 2.78 bits per heavy atom. The van der Waals surface area contributed by atoms with E-state index in [2.05, 4.69) is 5.32 Å². The Morgan fingerprint density at radius 2 is 2.17 bits per heavy atom. The van der Waals surface area contributed by atoms with Crippen molar-refractivity contribution < 1.29 is 18.7 Å². The monoisotopic (exact) mass is 269 g/mol. The Labute approximate surface area is 107 Å². The van der Waals surface area contributed by atoms with Crippen molar-refractivity contribution in [3.63, 3.8) is 0 Å². The fourth-order valence-electron chi connectivity index (χ4n) is 1.38. The summed E-state index contributed by atoms with van der Waals surface area (Å²) in [4.78, 5) is 10.6. The summed E-state index contributed by atoms with van der Waals surface area (Å²) in [5, 5.41) is 11.6. The number of nitrogens with one attached hydrogen (secondary N) is 1. The summed E-state index contributed by atoms with van der Waals surface area (Å²) in [6.07, 6.45) is 0. The van der Waals surface area contributed by atoms with Crippen LogP contribution in [0.5, 0.6) is 0 Å². The van der Waals surface area contributed by atoms with Crippen molar-refractivity contribution >= 4 is 23.3 Å². The minimum Gasteiger partial charge on any atom is -0.475 e. The zero-order valence-electron chi connectivity index (χ0n) is 9.11. The van der Waals surface area contributed by atoms with E-state index >= 15 is 0 Å². The van der Waals surface area contributed by atoms with Gasteiger partial charge in [0.1, 0.15) is 11.6 Å². The first-order valence-corrected chi connectivity index (χ1v) is 5.45. The van der Waals surface area contributed by atoms with Gasteiger partial charge in [0.25, 0.3) is 0 Å². The third-order valence-electron chi connectivity index (χ3n) is 2.26. The van der Waals surface area contributed by atoms with E-state index in [-0.39, 0.29) is 17.3 Å². The van der Waals surface area contributed by atoms with E-state index in [1.807, 2.05) is 0 Å². The lowest BCUT2D eigenvalue weighted by Gasteiger charge is -2.05. The van der Waals surface area contributed by atoms with Crippen LogP contribution in [0.3, 0.4) is 0 Å². The molecule has 0 radical (unpaired) electrons. The van der Waals surface area contributed by atoms with Crippen LogP contribution in [0.2, 0.25) is 5.02 Å². The minimum absolute atomic E-state index is 0.0191. The Hall–Kier alpha value is -2.01. The summed E-state index contributed by atoms with van der Waals surface area (Å²) < 4.78 is 18.0. The highest BCUT2D eigenvalue weighted by atomic mass is 35.5. The van der Waals surface area contributed by atoms with E-state index in [1.165, 1.54) is 24.3 Å². The summed E-state index contributed by atoms with van der Waals surface area (Å²) in [7, 11) is 0. The number of halogens is 2. The molecule has 94 valence electrons. The molecule has 0 fully saturated rings. The van der Waals surface area contributed by atoms with E-state index in [0.717, 1.165) is 0 Å².